The van der Waals surface area contributed by atoms with Crippen LogP contribution < -0.4 is 5.32 Å². The molecule has 0 saturated heterocycles. The van der Waals surface area contributed by atoms with Crippen LogP contribution in [-0.4, -0.2) is 30.1 Å². The Bertz CT molecular complexity index is 374. The summed E-state index contributed by atoms with van der Waals surface area (Å²) in [4.78, 5) is 0.360. The molecule has 0 aromatic heterocycles. The standard InChI is InChI=1S/C13H19F2NOS/c1-9(2)6-16-7-11(17)8-18-13-4-3-10(14)5-12(13)15/h3-5,9,11,16-17H,6-8H2,1-2H3. The number of aliphatic hydroxyl groups excluding tert-OH is 1. The maximum atomic E-state index is 13.3. The smallest absolute Gasteiger partial charge is 0.139 e. The van der Waals surface area contributed by atoms with Crippen LogP contribution in [0.5, 0.6) is 0 Å². The molecule has 0 amide bonds. The van der Waals surface area contributed by atoms with Crippen LogP contribution in [0, 0.1) is 17.6 Å². The molecule has 18 heavy (non-hydrogen) atoms. The molecule has 1 atom stereocenters. The highest BCUT2D eigenvalue weighted by Crippen LogP contribution is 2.22. The van der Waals surface area contributed by atoms with Gasteiger partial charge >= 0.3 is 0 Å². The van der Waals surface area contributed by atoms with Crippen LogP contribution in [0.4, 0.5) is 8.78 Å². The van der Waals surface area contributed by atoms with Crippen molar-refractivity contribution in [2.45, 2.75) is 24.8 Å². The monoisotopic (exact) mass is 275 g/mol. The van der Waals surface area contributed by atoms with Crippen molar-refractivity contribution in [2.75, 3.05) is 18.8 Å². The van der Waals surface area contributed by atoms with Gasteiger partial charge in [-0.25, -0.2) is 8.78 Å². The van der Waals surface area contributed by atoms with Gasteiger partial charge in [-0.3, -0.25) is 0 Å². The Morgan fingerprint density at radius 1 is 1.28 bits per heavy atom. The van der Waals surface area contributed by atoms with Gasteiger partial charge in [0.2, 0.25) is 0 Å². The average Bonchev–Trinajstić information content (AvgIpc) is 2.27. The summed E-state index contributed by atoms with van der Waals surface area (Å²) in [6.07, 6.45) is -0.543. The predicted octanol–water partition coefficient (Wildman–Crippen LogP) is 2.66. The fraction of sp³-hybridized carbons (Fsp3) is 0.538. The SMILES string of the molecule is CC(C)CNCC(O)CSc1ccc(F)cc1F. The minimum absolute atomic E-state index is 0.360. The van der Waals surface area contributed by atoms with Crippen molar-refractivity contribution in [3.8, 4) is 0 Å². The highest BCUT2D eigenvalue weighted by Gasteiger charge is 2.09. The molecule has 1 aromatic rings. The summed E-state index contributed by atoms with van der Waals surface area (Å²) in [5.41, 5.74) is 0. The Kier molecular flexibility index (Phi) is 6.60. The van der Waals surface area contributed by atoms with E-state index in [9.17, 15) is 13.9 Å². The third-order valence-corrected chi connectivity index (χ3v) is 3.45. The lowest BCUT2D eigenvalue weighted by Gasteiger charge is -2.13. The Labute approximate surface area is 111 Å². The lowest BCUT2D eigenvalue weighted by atomic mass is 10.2. The van der Waals surface area contributed by atoms with Gasteiger partial charge in [0.15, 0.2) is 0 Å². The second-order valence-electron chi connectivity index (χ2n) is 4.59. The van der Waals surface area contributed by atoms with Crippen molar-refractivity contribution >= 4 is 11.8 Å². The van der Waals surface area contributed by atoms with Crippen LogP contribution in [0.3, 0.4) is 0 Å². The molecule has 5 heteroatoms. The molecule has 1 rings (SSSR count). The third-order valence-electron chi connectivity index (χ3n) is 2.26. The van der Waals surface area contributed by atoms with Gasteiger partial charge in [-0.15, -0.1) is 11.8 Å². The van der Waals surface area contributed by atoms with Gasteiger partial charge < -0.3 is 10.4 Å². The van der Waals surface area contributed by atoms with E-state index in [-0.39, 0.29) is 0 Å². The van der Waals surface area contributed by atoms with E-state index in [4.69, 9.17) is 0 Å². The minimum Gasteiger partial charge on any atom is -0.391 e. The van der Waals surface area contributed by atoms with Gasteiger partial charge in [0.1, 0.15) is 11.6 Å². The minimum atomic E-state index is -0.587. The van der Waals surface area contributed by atoms with Gasteiger partial charge in [-0.1, -0.05) is 13.8 Å². The van der Waals surface area contributed by atoms with Gasteiger partial charge in [0.25, 0.3) is 0 Å². The third kappa shape index (κ3) is 5.80. The summed E-state index contributed by atoms with van der Waals surface area (Å²) in [5, 5.41) is 12.8. The lowest BCUT2D eigenvalue weighted by molar-refractivity contribution is 0.194. The van der Waals surface area contributed by atoms with E-state index in [0.29, 0.717) is 23.1 Å². The molecule has 1 unspecified atom stereocenters. The normalized spacial score (nSPS) is 13.0. The highest BCUT2D eigenvalue weighted by atomic mass is 32.2. The van der Waals surface area contributed by atoms with Crippen LogP contribution in [0.2, 0.25) is 0 Å². The second kappa shape index (κ2) is 7.71. The molecule has 2 nitrogen and oxygen atoms in total. The quantitative estimate of drug-likeness (QED) is 0.750. The number of aliphatic hydroxyl groups is 1. The molecular formula is C13H19F2NOS. The summed E-state index contributed by atoms with van der Waals surface area (Å²) in [6, 6.07) is 3.46. The second-order valence-corrected chi connectivity index (χ2v) is 5.65. The molecule has 1 aromatic carbocycles. The first-order valence-corrected chi connectivity index (χ1v) is 6.94. The number of benzene rings is 1. The van der Waals surface area contributed by atoms with E-state index >= 15 is 0 Å². The molecule has 2 N–H and O–H groups in total. The van der Waals surface area contributed by atoms with E-state index < -0.39 is 17.7 Å². The topological polar surface area (TPSA) is 32.3 Å². The van der Waals surface area contributed by atoms with Gasteiger partial charge in [0, 0.05) is 23.3 Å². The highest BCUT2D eigenvalue weighted by molar-refractivity contribution is 7.99. The van der Waals surface area contributed by atoms with Crippen molar-refractivity contribution in [3.05, 3.63) is 29.8 Å². The lowest BCUT2D eigenvalue weighted by Crippen LogP contribution is -2.31. The van der Waals surface area contributed by atoms with Gasteiger partial charge in [-0.2, -0.15) is 0 Å². The van der Waals surface area contributed by atoms with E-state index in [1.807, 2.05) is 0 Å². The molecule has 102 valence electrons. The van der Waals surface area contributed by atoms with Crippen LogP contribution >= 0.6 is 11.8 Å². The molecule has 0 heterocycles. The molecule has 0 aliphatic heterocycles. The van der Waals surface area contributed by atoms with E-state index in [2.05, 4.69) is 19.2 Å². The first kappa shape index (κ1) is 15.4. The number of hydrogen-bond acceptors (Lipinski definition) is 3. The van der Waals surface area contributed by atoms with E-state index in [1.54, 1.807) is 0 Å². The Balaban J connectivity index is 2.31. The number of thioether (sulfide) groups is 1. The Hall–Kier alpha value is -0.650. The first-order valence-electron chi connectivity index (χ1n) is 5.95. The number of hydrogen-bond donors (Lipinski definition) is 2. The zero-order valence-corrected chi connectivity index (χ0v) is 11.4. The van der Waals surface area contributed by atoms with E-state index in [1.165, 1.54) is 23.9 Å². The number of rotatable bonds is 7. The summed E-state index contributed by atoms with van der Waals surface area (Å²) < 4.78 is 26.0. The fourth-order valence-electron chi connectivity index (χ4n) is 1.38. The fourth-order valence-corrected chi connectivity index (χ4v) is 2.23. The van der Waals surface area contributed by atoms with Crippen molar-refractivity contribution < 1.29 is 13.9 Å². The average molecular weight is 275 g/mol. The molecule has 0 aliphatic carbocycles. The van der Waals surface area contributed by atoms with Crippen molar-refractivity contribution in [2.24, 2.45) is 5.92 Å². The molecule has 0 bridgehead atoms. The number of halogens is 2. The van der Waals surface area contributed by atoms with Crippen molar-refractivity contribution in [1.82, 2.24) is 5.32 Å². The Morgan fingerprint density at radius 2 is 2.00 bits per heavy atom. The summed E-state index contributed by atoms with van der Waals surface area (Å²) >= 11 is 1.19. The first-order chi connectivity index (χ1) is 8.49. The molecule has 0 radical (unpaired) electrons. The maximum absolute atomic E-state index is 13.3. The molecule has 0 fully saturated rings. The van der Waals surface area contributed by atoms with Crippen molar-refractivity contribution in [3.63, 3.8) is 0 Å². The molecule has 0 spiro atoms. The largest absolute Gasteiger partial charge is 0.391 e. The van der Waals surface area contributed by atoms with Crippen LogP contribution in [0.15, 0.2) is 23.1 Å². The Morgan fingerprint density at radius 3 is 2.61 bits per heavy atom. The zero-order chi connectivity index (χ0) is 13.5. The number of nitrogens with one attached hydrogen (secondary N) is 1. The van der Waals surface area contributed by atoms with Crippen LogP contribution in [-0.2, 0) is 0 Å². The maximum Gasteiger partial charge on any atom is 0.139 e. The summed E-state index contributed by atoms with van der Waals surface area (Å²) in [5.74, 6) is -0.258. The van der Waals surface area contributed by atoms with Crippen LogP contribution in [0.1, 0.15) is 13.8 Å². The van der Waals surface area contributed by atoms with Crippen molar-refractivity contribution in [1.29, 1.82) is 0 Å². The summed E-state index contributed by atoms with van der Waals surface area (Å²) in [6.45, 7) is 5.49. The van der Waals surface area contributed by atoms with Crippen LogP contribution in [0.25, 0.3) is 0 Å². The summed E-state index contributed by atoms with van der Waals surface area (Å²) in [7, 11) is 0. The predicted molar refractivity (Wildman–Crippen MR) is 70.8 cm³/mol. The van der Waals surface area contributed by atoms with Gasteiger partial charge in [-0.05, 0) is 24.6 Å². The molecule has 0 aliphatic rings. The molecule has 0 saturated carbocycles. The van der Waals surface area contributed by atoms with E-state index in [0.717, 1.165) is 12.6 Å². The molecular weight excluding hydrogens is 256 g/mol. The zero-order valence-electron chi connectivity index (χ0n) is 10.6. The van der Waals surface area contributed by atoms with Gasteiger partial charge in [0.05, 0.1) is 6.10 Å².